The minimum absolute atomic E-state index is 0.320. The lowest BCUT2D eigenvalue weighted by molar-refractivity contribution is 0.153. The maximum Gasteiger partial charge on any atom is 0.216 e. The molecule has 2 atom stereocenters. The van der Waals surface area contributed by atoms with Crippen molar-refractivity contribution in [2.45, 2.75) is 37.8 Å². The zero-order valence-corrected chi connectivity index (χ0v) is 10.1. The van der Waals surface area contributed by atoms with Crippen LogP contribution in [0.4, 0.5) is 0 Å². The average molecular weight is 231 g/mol. The molecule has 0 unspecified atom stereocenters. The molecule has 3 nitrogen and oxygen atoms in total. The summed E-state index contributed by atoms with van der Waals surface area (Å²) in [6, 6.07) is 8.30. The Kier molecular flexibility index (Phi) is 2.75. The molecule has 1 aromatic rings. The van der Waals surface area contributed by atoms with Gasteiger partial charge in [-0.15, -0.1) is 0 Å². The van der Waals surface area contributed by atoms with E-state index in [1.54, 1.807) is 7.11 Å². The monoisotopic (exact) mass is 231 g/mol. The van der Waals surface area contributed by atoms with Crippen LogP contribution in [0.2, 0.25) is 0 Å². The highest BCUT2D eigenvalue weighted by atomic mass is 16.5. The summed E-state index contributed by atoms with van der Waals surface area (Å²) in [5, 5.41) is 0. The van der Waals surface area contributed by atoms with Gasteiger partial charge < -0.3 is 9.47 Å². The van der Waals surface area contributed by atoms with E-state index in [4.69, 9.17) is 9.47 Å². The lowest BCUT2D eigenvalue weighted by Crippen LogP contribution is -2.26. The Morgan fingerprint density at radius 3 is 2.65 bits per heavy atom. The van der Waals surface area contributed by atoms with E-state index < -0.39 is 0 Å². The molecular formula is C14H17NO2. The van der Waals surface area contributed by atoms with E-state index in [-0.39, 0.29) is 0 Å². The van der Waals surface area contributed by atoms with Crippen molar-refractivity contribution in [1.29, 1.82) is 0 Å². The third-order valence-corrected chi connectivity index (χ3v) is 3.55. The first-order chi connectivity index (χ1) is 8.36. The van der Waals surface area contributed by atoms with Crippen LogP contribution < -0.4 is 4.74 Å². The average Bonchev–Trinajstić information content (AvgIpc) is 2.82. The normalized spacial score (nSPS) is 27.0. The number of nitrogens with zero attached hydrogens (tertiary/aromatic N) is 1. The van der Waals surface area contributed by atoms with Crippen LogP contribution in [0.15, 0.2) is 29.3 Å². The lowest BCUT2D eigenvalue weighted by Gasteiger charge is -2.21. The van der Waals surface area contributed by atoms with Gasteiger partial charge in [0.05, 0.1) is 13.2 Å². The fraction of sp³-hybridized carbons (Fsp3) is 0.500. The third kappa shape index (κ3) is 2.02. The van der Waals surface area contributed by atoms with Gasteiger partial charge in [0.1, 0.15) is 11.9 Å². The van der Waals surface area contributed by atoms with Gasteiger partial charge in [0.15, 0.2) is 0 Å². The Morgan fingerprint density at radius 1 is 1.18 bits per heavy atom. The molecule has 0 aromatic heterocycles. The number of fused-ring (bicyclic) bond motifs is 1. The van der Waals surface area contributed by atoms with Gasteiger partial charge in [0, 0.05) is 5.56 Å². The Balaban J connectivity index is 1.80. The second-order valence-electron chi connectivity index (χ2n) is 4.67. The van der Waals surface area contributed by atoms with Crippen LogP contribution in [0.3, 0.4) is 0 Å². The Labute approximate surface area is 101 Å². The quantitative estimate of drug-likeness (QED) is 0.783. The van der Waals surface area contributed by atoms with E-state index in [0.717, 1.165) is 23.6 Å². The zero-order valence-electron chi connectivity index (χ0n) is 10.1. The summed E-state index contributed by atoms with van der Waals surface area (Å²) in [5.41, 5.74) is 1.06. The lowest BCUT2D eigenvalue weighted by atomic mass is 9.94. The van der Waals surface area contributed by atoms with Crippen molar-refractivity contribution in [3.63, 3.8) is 0 Å². The molecule has 3 heteroatoms. The highest BCUT2D eigenvalue weighted by molar-refractivity contribution is 5.95. The van der Waals surface area contributed by atoms with Crippen LogP contribution in [-0.2, 0) is 4.74 Å². The van der Waals surface area contributed by atoms with Gasteiger partial charge in [-0.05, 0) is 43.5 Å². The van der Waals surface area contributed by atoms with Gasteiger partial charge in [-0.25, -0.2) is 4.99 Å². The first kappa shape index (κ1) is 10.6. The predicted octanol–water partition coefficient (Wildman–Crippen LogP) is 2.78. The summed E-state index contributed by atoms with van der Waals surface area (Å²) in [6.45, 7) is 0. The second kappa shape index (κ2) is 4.40. The Bertz CT molecular complexity index is 424. The van der Waals surface area contributed by atoms with Crippen LogP contribution in [0.5, 0.6) is 5.75 Å². The minimum atomic E-state index is 0.320. The number of hydrogen-bond donors (Lipinski definition) is 0. The third-order valence-electron chi connectivity index (χ3n) is 3.55. The van der Waals surface area contributed by atoms with Gasteiger partial charge in [-0.1, -0.05) is 6.42 Å². The molecule has 0 N–H and O–H groups in total. The maximum absolute atomic E-state index is 5.93. The number of hydrogen-bond acceptors (Lipinski definition) is 3. The molecule has 1 fully saturated rings. The number of benzene rings is 1. The standard InChI is InChI=1S/C14H17NO2/c1-16-11-8-6-10(7-9-11)14-15-12-4-2-3-5-13(12)17-14/h6-9,12-13H,2-5H2,1H3/t12-,13+/m1/s1. The van der Waals surface area contributed by atoms with Crippen molar-refractivity contribution in [2.24, 2.45) is 4.99 Å². The molecule has 0 amide bonds. The predicted molar refractivity (Wildman–Crippen MR) is 66.7 cm³/mol. The second-order valence-corrected chi connectivity index (χ2v) is 4.67. The van der Waals surface area contributed by atoms with Crippen molar-refractivity contribution in [1.82, 2.24) is 0 Å². The van der Waals surface area contributed by atoms with Gasteiger partial charge in [0.2, 0.25) is 5.90 Å². The van der Waals surface area contributed by atoms with Crippen molar-refractivity contribution in [3.8, 4) is 5.75 Å². The molecule has 17 heavy (non-hydrogen) atoms. The number of methoxy groups -OCH3 is 1. The van der Waals surface area contributed by atoms with Crippen LogP contribution in [0, 0.1) is 0 Å². The van der Waals surface area contributed by atoms with Gasteiger partial charge >= 0.3 is 0 Å². The topological polar surface area (TPSA) is 30.8 Å². The molecule has 1 saturated carbocycles. The molecule has 0 spiro atoms. The van der Waals surface area contributed by atoms with Gasteiger partial charge in [-0.3, -0.25) is 0 Å². The number of rotatable bonds is 2. The van der Waals surface area contributed by atoms with Crippen LogP contribution >= 0.6 is 0 Å². The van der Waals surface area contributed by atoms with Crippen molar-refractivity contribution < 1.29 is 9.47 Å². The molecule has 3 rings (SSSR count). The highest BCUT2D eigenvalue weighted by Gasteiger charge is 2.33. The molecule has 2 aliphatic rings. The summed E-state index contributed by atoms with van der Waals surface area (Å²) in [6.07, 6.45) is 5.19. The van der Waals surface area contributed by atoms with Gasteiger partial charge in [-0.2, -0.15) is 0 Å². The molecular weight excluding hydrogens is 214 g/mol. The number of aliphatic imine (C=N–C) groups is 1. The smallest absolute Gasteiger partial charge is 0.216 e. The molecule has 1 aromatic carbocycles. The minimum Gasteiger partial charge on any atom is -0.497 e. The molecule has 1 aliphatic heterocycles. The van der Waals surface area contributed by atoms with Crippen molar-refractivity contribution in [2.75, 3.05) is 7.11 Å². The molecule has 1 heterocycles. The van der Waals surface area contributed by atoms with Crippen molar-refractivity contribution >= 4 is 5.90 Å². The summed E-state index contributed by atoms with van der Waals surface area (Å²) >= 11 is 0. The fourth-order valence-corrected chi connectivity index (χ4v) is 2.56. The van der Waals surface area contributed by atoms with Crippen LogP contribution in [0.25, 0.3) is 0 Å². The van der Waals surface area contributed by atoms with Crippen LogP contribution in [-0.4, -0.2) is 25.2 Å². The molecule has 0 bridgehead atoms. The Hall–Kier alpha value is -1.51. The first-order valence-electron chi connectivity index (χ1n) is 6.26. The fourth-order valence-electron chi connectivity index (χ4n) is 2.56. The van der Waals surface area contributed by atoms with E-state index in [1.807, 2.05) is 24.3 Å². The first-order valence-corrected chi connectivity index (χ1v) is 6.26. The van der Waals surface area contributed by atoms with E-state index >= 15 is 0 Å². The molecule has 1 aliphatic carbocycles. The van der Waals surface area contributed by atoms with E-state index in [2.05, 4.69) is 4.99 Å². The maximum atomic E-state index is 5.93. The van der Waals surface area contributed by atoms with E-state index in [0.29, 0.717) is 12.1 Å². The van der Waals surface area contributed by atoms with Crippen LogP contribution in [0.1, 0.15) is 31.2 Å². The summed E-state index contributed by atoms with van der Waals surface area (Å²) < 4.78 is 11.1. The van der Waals surface area contributed by atoms with E-state index in [1.165, 1.54) is 19.3 Å². The summed E-state index contributed by atoms with van der Waals surface area (Å²) in [5.74, 6) is 1.68. The Morgan fingerprint density at radius 2 is 1.94 bits per heavy atom. The summed E-state index contributed by atoms with van der Waals surface area (Å²) in [7, 11) is 1.67. The van der Waals surface area contributed by atoms with E-state index in [9.17, 15) is 0 Å². The zero-order chi connectivity index (χ0) is 11.7. The summed E-state index contributed by atoms with van der Waals surface area (Å²) in [4.78, 5) is 4.69. The molecule has 0 saturated heterocycles. The largest absolute Gasteiger partial charge is 0.497 e. The molecule has 90 valence electrons. The highest BCUT2D eigenvalue weighted by Crippen LogP contribution is 2.30. The van der Waals surface area contributed by atoms with Crippen molar-refractivity contribution in [3.05, 3.63) is 29.8 Å². The SMILES string of the molecule is COc1ccc(C2=N[C@@H]3CCCC[C@@H]3O2)cc1. The van der Waals surface area contributed by atoms with Gasteiger partial charge in [0.25, 0.3) is 0 Å². The number of ether oxygens (including phenoxy) is 2. The molecule has 0 radical (unpaired) electrons.